The van der Waals surface area contributed by atoms with Crippen molar-refractivity contribution in [3.63, 3.8) is 0 Å². The predicted octanol–water partition coefficient (Wildman–Crippen LogP) is 3.40. The molecule has 3 nitrogen and oxygen atoms in total. The maximum atomic E-state index is 12.2. The molecule has 0 radical (unpaired) electrons. The van der Waals surface area contributed by atoms with Gasteiger partial charge in [0.05, 0.1) is 0 Å². The van der Waals surface area contributed by atoms with Crippen LogP contribution < -0.4 is 5.32 Å². The van der Waals surface area contributed by atoms with Gasteiger partial charge in [0.1, 0.15) is 0 Å². The van der Waals surface area contributed by atoms with Crippen LogP contribution in [0.2, 0.25) is 0 Å². The summed E-state index contributed by atoms with van der Waals surface area (Å²) >= 11 is 0. The minimum atomic E-state index is 0.187. The standard InChI is InChI=1S/C15H28N2O/c1-12(2)13-8-4-5-9-14(13)16-15(18)17-10-6-3-7-11-17/h12-14H,3-11H2,1-2H3,(H,16,18). The number of carbonyl (C=O) groups is 1. The Kier molecular flexibility index (Phi) is 4.90. The maximum Gasteiger partial charge on any atom is 0.317 e. The number of nitrogens with zero attached hydrogens (tertiary/aromatic N) is 1. The largest absolute Gasteiger partial charge is 0.335 e. The van der Waals surface area contributed by atoms with Gasteiger partial charge in [-0.15, -0.1) is 0 Å². The fourth-order valence-corrected chi connectivity index (χ4v) is 3.48. The number of nitrogens with one attached hydrogen (secondary N) is 1. The Bertz CT molecular complexity index is 272. The van der Waals surface area contributed by atoms with Crippen LogP contribution in [0.4, 0.5) is 4.79 Å². The second kappa shape index (κ2) is 6.44. The highest BCUT2D eigenvalue weighted by molar-refractivity contribution is 5.74. The molecule has 2 amide bonds. The first-order valence-corrected chi connectivity index (χ1v) is 7.74. The van der Waals surface area contributed by atoms with Crippen LogP contribution in [0.5, 0.6) is 0 Å². The summed E-state index contributed by atoms with van der Waals surface area (Å²) in [7, 11) is 0. The van der Waals surface area contributed by atoms with Gasteiger partial charge in [0.15, 0.2) is 0 Å². The van der Waals surface area contributed by atoms with E-state index >= 15 is 0 Å². The average molecular weight is 252 g/mol. The molecular weight excluding hydrogens is 224 g/mol. The molecule has 2 fully saturated rings. The molecule has 0 aromatic heterocycles. The minimum Gasteiger partial charge on any atom is -0.335 e. The third-order valence-electron chi connectivity index (χ3n) is 4.63. The molecular formula is C15H28N2O. The van der Waals surface area contributed by atoms with E-state index < -0.39 is 0 Å². The first kappa shape index (κ1) is 13.7. The van der Waals surface area contributed by atoms with Gasteiger partial charge in [-0.25, -0.2) is 4.79 Å². The molecule has 2 unspecified atom stereocenters. The molecule has 18 heavy (non-hydrogen) atoms. The summed E-state index contributed by atoms with van der Waals surface area (Å²) in [6.45, 7) is 6.47. The van der Waals surface area contributed by atoms with Gasteiger partial charge in [0.25, 0.3) is 0 Å². The van der Waals surface area contributed by atoms with Crippen molar-refractivity contribution in [3.05, 3.63) is 0 Å². The lowest BCUT2D eigenvalue weighted by molar-refractivity contribution is 0.160. The molecule has 0 spiro atoms. The number of hydrogen-bond donors (Lipinski definition) is 1. The highest BCUT2D eigenvalue weighted by atomic mass is 16.2. The Hall–Kier alpha value is -0.730. The van der Waals surface area contributed by atoms with Gasteiger partial charge in [-0.05, 0) is 43.9 Å². The van der Waals surface area contributed by atoms with E-state index in [2.05, 4.69) is 19.2 Å². The lowest BCUT2D eigenvalue weighted by Gasteiger charge is -2.37. The highest BCUT2D eigenvalue weighted by Crippen LogP contribution is 2.30. The highest BCUT2D eigenvalue weighted by Gasteiger charge is 2.30. The van der Waals surface area contributed by atoms with E-state index in [0.717, 1.165) is 13.1 Å². The number of likely N-dealkylation sites (tertiary alicyclic amines) is 1. The Labute approximate surface area is 111 Å². The second-order valence-electron chi connectivity index (χ2n) is 6.30. The van der Waals surface area contributed by atoms with Crippen LogP contribution in [-0.4, -0.2) is 30.1 Å². The number of piperidine rings is 1. The topological polar surface area (TPSA) is 32.3 Å². The molecule has 0 bridgehead atoms. The zero-order chi connectivity index (χ0) is 13.0. The van der Waals surface area contributed by atoms with Crippen LogP contribution in [0.3, 0.4) is 0 Å². The third kappa shape index (κ3) is 3.39. The number of rotatable bonds is 2. The summed E-state index contributed by atoms with van der Waals surface area (Å²) in [5.74, 6) is 1.35. The van der Waals surface area contributed by atoms with E-state index in [1.807, 2.05) is 4.90 Å². The van der Waals surface area contributed by atoms with Gasteiger partial charge < -0.3 is 10.2 Å². The molecule has 2 atom stereocenters. The van der Waals surface area contributed by atoms with E-state index in [0.29, 0.717) is 17.9 Å². The number of amides is 2. The number of carbonyl (C=O) groups excluding carboxylic acids is 1. The van der Waals surface area contributed by atoms with Crippen molar-refractivity contribution in [3.8, 4) is 0 Å². The van der Waals surface area contributed by atoms with E-state index in [1.165, 1.54) is 44.9 Å². The number of urea groups is 1. The summed E-state index contributed by atoms with van der Waals surface area (Å²) < 4.78 is 0. The normalized spacial score (nSPS) is 29.4. The molecule has 2 aliphatic rings. The molecule has 1 heterocycles. The summed E-state index contributed by atoms with van der Waals surface area (Å²) in [5.41, 5.74) is 0. The Morgan fingerprint density at radius 1 is 1.06 bits per heavy atom. The smallest absolute Gasteiger partial charge is 0.317 e. The van der Waals surface area contributed by atoms with Crippen LogP contribution in [0.1, 0.15) is 58.8 Å². The van der Waals surface area contributed by atoms with Crippen molar-refractivity contribution in [2.75, 3.05) is 13.1 Å². The van der Waals surface area contributed by atoms with Crippen molar-refractivity contribution in [1.82, 2.24) is 10.2 Å². The van der Waals surface area contributed by atoms with Gasteiger partial charge >= 0.3 is 6.03 Å². The van der Waals surface area contributed by atoms with Gasteiger partial charge in [0, 0.05) is 19.1 Å². The number of hydrogen-bond acceptors (Lipinski definition) is 1. The van der Waals surface area contributed by atoms with Gasteiger partial charge in [-0.3, -0.25) is 0 Å². The van der Waals surface area contributed by atoms with Crippen LogP contribution in [-0.2, 0) is 0 Å². The van der Waals surface area contributed by atoms with Crippen molar-refractivity contribution in [2.45, 2.75) is 64.8 Å². The van der Waals surface area contributed by atoms with Crippen LogP contribution >= 0.6 is 0 Å². The summed E-state index contributed by atoms with van der Waals surface area (Å²) in [6.07, 6.45) is 8.68. The molecule has 104 valence electrons. The SMILES string of the molecule is CC(C)C1CCCCC1NC(=O)N1CCCCC1. The first-order chi connectivity index (χ1) is 8.68. The Morgan fingerprint density at radius 2 is 1.72 bits per heavy atom. The zero-order valence-electron chi connectivity index (χ0n) is 12.0. The monoisotopic (exact) mass is 252 g/mol. The fraction of sp³-hybridized carbons (Fsp3) is 0.933. The Morgan fingerprint density at radius 3 is 2.39 bits per heavy atom. The van der Waals surface area contributed by atoms with Gasteiger partial charge in [-0.1, -0.05) is 26.7 Å². The van der Waals surface area contributed by atoms with Crippen molar-refractivity contribution in [2.24, 2.45) is 11.8 Å². The summed E-state index contributed by atoms with van der Waals surface area (Å²) in [5, 5.41) is 3.31. The lowest BCUT2D eigenvalue weighted by atomic mass is 9.78. The van der Waals surface area contributed by atoms with Gasteiger partial charge in [0.2, 0.25) is 0 Å². The maximum absolute atomic E-state index is 12.2. The molecule has 3 heteroatoms. The zero-order valence-corrected chi connectivity index (χ0v) is 12.0. The molecule has 1 aliphatic carbocycles. The van der Waals surface area contributed by atoms with E-state index in [4.69, 9.17) is 0 Å². The predicted molar refractivity (Wildman–Crippen MR) is 74.5 cm³/mol. The van der Waals surface area contributed by atoms with Crippen LogP contribution in [0, 0.1) is 11.8 Å². The average Bonchev–Trinajstić information content (AvgIpc) is 2.40. The molecule has 2 rings (SSSR count). The van der Waals surface area contributed by atoms with Crippen molar-refractivity contribution >= 4 is 6.03 Å². The molecule has 1 aliphatic heterocycles. The second-order valence-corrected chi connectivity index (χ2v) is 6.30. The molecule has 1 saturated heterocycles. The van der Waals surface area contributed by atoms with Crippen LogP contribution in [0.25, 0.3) is 0 Å². The van der Waals surface area contributed by atoms with E-state index in [-0.39, 0.29) is 6.03 Å². The molecule has 0 aromatic rings. The first-order valence-electron chi connectivity index (χ1n) is 7.74. The van der Waals surface area contributed by atoms with Crippen LogP contribution in [0.15, 0.2) is 0 Å². The van der Waals surface area contributed by atoms with E-state index in [1.54, 1.807) is 0 Å². The Balaban J connectivity index is 1.87. The fourth-order valence-electron chi connectivity index (χ4n) is 3.48. The quantitative estimate of drug-likeness (QED) is 0.802. The molecule has 1 N–H and O–H groups in total. The van der Waals surface area contributed by atoms with Crippen molar-refractivity contribution in [1.29, 1.82) is 0 Å². The molecule has 0 aromatic carbocycles. The van der Waals surface area contributed by atoms with Gasteiger partial charge in [-0.2, -0.15) is 0 Å². The van der Waals surface area contributed by atoms with Crippen molar-refractivity contribution < 1.29 is 4.79 Å². The molecule has 1 saturated carbocycles. The lowest BCUT2D eigenvalue weighted by Crippen LogP contribution is -2.50. The van der Waals surface area contributed by atoms with E-state index in [9.17, 15) is 4.79 Å². The summed E-state index contributed by atoms with van der Waals surface area (Å²) in [6, 6.07) is 0.598. The summed E-state index contributed by atoms with van der Waals surface area (Å²) in [4.78, 5) is 14.3. The third-order valence-corrected chi connectivity index (χ3v) is 4.63. The minimum absolute atomic E-state index is 0.187.